The molecule has 0 amide bonds. The Morgan fingerprint density at radius 3 is 2.62 bits per heavy atom. The first-order chi connectivity index (χ1) is 7.79. The van der Waals surface area contributed by atoms with E-state index in [0.29, 0.717) is 5.56 Å². The summed E-state index contributed by atoms with van der Waals surface area (Å²) in [5, 5.41) is 8.88. The molecule has 4 heteroatoms. The second-order valence-electron chi connectivity index (χ2n) is 3.04. The predicted octanol–water partition coefficient (Wildman–Crippen LogP) is 3.24. The maximum atomic E-state index is 12.9. The Labute approximate surface area is 96.8 Å². The molecule has 0 spiro atoms. The van der Waals surface area contributed by atoms with Crippen LogP contribution in [0.25, 0.3) is 0 Å². The monoisotopic (exact) mass is 230 g/mol. The normalized spacial score (nSPS) is 9.75. The van der Waals surface area contributed by atoms with Crippen LogP contribution in [0.2, 0.25) is 0 Å². The summed E-state index contributed by atoms with van der Waals surface area (Å²) in [5.74, 6) is -0.393. The molecule has 0 aliphatic rings. The number of pyridine rings is 1. The molecule has 1 aromatic carbocycles. The predicted molar refractivity (Wildman–Crippen MR) is 59.5 cm³/mol. The fourth-order valence-electron chi connectivity index (χ4n) is 1.21. The lowest BCUT2D eigenvalue weighted by Gasteiger charge is -2.03. The summed E-state index contributed by atoms with van der Waals surface area (Å²) < 4.78 is 12.9. The maximum absolute atomic E-state index is 12.9. The van der Waals surface area contributed by atoms with Crippen LogP contribution in [0.15, 0.2) is 52.5 Å². The van der Waals surface area contributed by atoms with Crippen molar-refractivity contribution in [2.45, 2.75) is 9.79 Å². The van der Waals surface area contributed by atoms with Crippen LogP contribution in [0, 0.1) is 17.1 Å². The second-order valence-corrected chi connectivity index (χ2v) is 4.15. The molecule has 0 aliphatic carbocycles. The molecule has 0 radical (unpaired) electrons. The van der Waals surface area contributed by atoms with Gasteiger partial charge in [0.15, 0.2) is 0 Å². The minimum atomic E-state index is -0.393. The first-order valence-electron chi connectivity index (χ1n) is 4.57. The lowest BCUT2D eigenvalue weighted by atomic mass is 10.2. The van der Waals surface area contributed by atoms with Gasteiger partial charge in [0.1, 0.15) is 11.9 Å². The fourth-order valence-corrected chi connectivity index (χ4v) is 2.07. The van der Waals surface area contributed by atoms with Crippen LogP contribution in [0.5, 0.6) is 0 Å². The van der Waals surface area contributed by atoms with Gasteiger partial charge in [0, 0.05) is 22.2 Å². The quantitative estimate of drug-likeness (QED) is 0.794. The highest BCUT2D eigenvalue weighted by molar-refractivity contribution is 7.99. The van der Waals surface area contributed by atoms with E-state index in [1.807, 2.05) is 18.2 Å². The summed E-state index contributed by atoms with van der Waals surface area (Å²) in [6.45, 7) is 0. The third-order valence-corrected chi connectivity index (χ3v) is 3.02. The molecule has 78 valence electrons. The molecule has 0 fully saturated rings. The van der Waals surface area contributed by atoms with Gasteiger partial charge in [0.05, 0.1) is 5.56 Å². The molecule has 0 bridgehead atoms. The number of hydrogen-bond donors (Lipinski definition) is 0. The largest absolute Gasteiger partial charge is 0.265 e. The van der Waals surface area contributed by atoms with E-state index in [2.05, 4.69) is 4.98 Å². The number of nitriles is 1. The zero-order valence-corrected chi connectivity index (χ0v) is 9.04. The lowest BCUT2D eigenvalue weighted by Crippen LogP contribution is -1.83. The highest BCUT2D eigenvalue weighted by Crippen LogP contribution is 2.29. The van der Waals surface area contributed by atoms with E-state index in [-0.39, 0.29) is 0 Å². The van der Waals surface area contributed by atoms with Crippen LogP contribution in [-0.2, 0) is 0 Å². The molecule has 0 saturated carbocycles. The summed E-state index contributed by atoms with van der Waals surface area (Å²) >= 11 is 1.42. The van der Waals surface area contributed by atoms with Crippen molar-refractivity contribution in [1.29, 1.82) is 5.26 Å². The van der Waals surface area contributed by atoms with Crippen molar-refractivity contribution < 1.29 is 4.39 Å². The summed E-state index contributed by atoms with van der Waals surface area (Å²) in [4.78, 5) is 5.62. The van der Waals surface area contributed by atoms with Crippen molar-refractivity contribution in [3.63, 3.8) is 0 Å². The zero-order chi connectivity index (χ0) is 11.4. The van der Waals surface area contributed by atoms with Crippen molar-refractivity contribution in [2.75, 3.05) is 0 Å². The lowest BCUT2D eigenvalue weighted by molar-refractivity contribution is 0.626. The van der Waals surface area contributed by atoms with Gasteiger partial charge in [0.25, 0.3) is 0 Å². The second kappa shape index (κ2) is 4.77. The highest BCUT2D eigenvalue weighted by Gasteiger charge is 2.05. The third kappa shape index (κ3) is 2.38. The topological polar surface area (TPSA) is 36.7 Å². The molecule has 2 nitrogen and oxygen atoms in total. The van der Waals surface area contributed by atoms with Gasteiger partial charge in [0.2, 0.25) is 0 Å². The van der Waals surface area contributed by atoms with E-state index < -0.39 is 5.82 Å². The number of nitrogens with zero attached hydrogens (tertiary/aromatic N) is 2. The van der Waals surface area contributed by atoms with E-state index in [1.54, 1.807) is 18.5 Å². The van der Waals surface area contributed by atoms with Crippen molar-refractivity contribution in [2.24, 2.45) is 0 Å². The van der Waals surface area contributed by atoms with Gasteiger partial charge >= 0.3 is 0 Å². The molecule has 0 unspecified atom stereocenters. The van der Waals surface area contributed by atoms with E-state index >= 15 is 0 Å². The Balaban J connectivity index is 2.32. The van der Waals surface area contributed by atoms with Crippen LogP contribution in [-0.4, -0.2) is 4.98 Å². The molecule has 0 aliphatic heterocycles. The number of hydrogen-bond acceptors (Lipinski definition) is 3. The fraction of sp³-hybridized carbons (Fsp3) is 0. The molecule has 0 atom stereocenters. The smallest absolute Gasteiger partial charge is 0.124 e. The molecule has 2 rings (SSSR count). The van der Waals surface area contributed by atoms with Crippen molar-refractivity contribution in [3.8, 4) is 6.07 Å². The first-order valence-corrected chi connectivity index (χ1v) is 5.39. The Hall–Kier alpha value is -1.86. The number of halogens is 1. The van der Waals surface area contributed by atoms with Gasteiger partial charge in [-0.2, -0.15) is 5.26 Å². The third-order valence-electron chi connectivity index (χ3n) is 1.94. The highest BCUT2D eigenvalue weighted by atomic mass is 32.2. The van der Waals surface area contributed by atoms with Crippen molar-refractivity contribution >= 4 is 11.8 Å². The zero-order valence-electron chi connectivity index (χ0n) is 8.22. The van der Waals surface area contributed by atoms with Crippen LogP contribution < -0.4 is 0 Å². The Morgan fingerprint density at radius 2 is 1.94 bits per heavy atom. The van der Waals surface area contributed by atoms with Gasteiger partial charge in [-0.3, -0.25) is 4.98 Å². The van der Waals surface area contributed by atoms with E-state index in [4.69, 9.17) is 5.26 Å². The standard InChI is InChI=1S/C12H7FN2S/c13-10-1-2-12(9(7-10)8-14)16-11-3-5-15-6-4-11/h1-7H. The molecule has 0 N–H and O–H groups in total. The van der Waals surface area contributed by atoms with Crippen LogP contribution >= 0.6 is 11.8 Å². The average Bonchev–Trinajstić information content (AvgIpc) is 2.33. The molecular weight excluding hydrogens is 223 g/mol. The van der Waals surface area contributed by atoms with E-state index in [1.165, 1.54) is 23.9 Å². The first kappa shape index (κ1) is 10.7. The summed E-state index contributed by atoms with van der Waals surface area (Å²) in [5.41, 5.74) is 0.349. The molecular formula is C12H7FN2S. The minimum absolute atomic E-state index is 0.349. The van der Waals surface area contributed by atoms with E-state index in [9.17, 15) is 4.39 Å². The molecule has 1 heterocycles. The summed E-state index contributed by atoms with van der Waals surface area (Å²) in [7, 11) is 0. The Kier molecular flexibility index (Phi) is 3.18. The van der Waals surface area contributed by atoms with Gasteiger partial charge in [-0.05, 0) is 30.3 Å². The maximum Gasteiger partial charge on any atom is 0.124 e. The van der Waals surface area contributed by atoms with Crippen LogP contribution in [0.3, 0.4) is 0 Å². The average molecular weight is 230 g/mol. The van der Waals surface area contributed by atoms with Crippen molar-refractivity contribution in [3.05, 3.63) is 54.1 Å². The number of rotatable bonds is 2. The number of aromatic nitrogens is 1. The SMILES string of the molecule is N#Cc1cc(F)ccc1Sc1ccncc1. The van der Waals surface area contributed by atoms with Gasteiger partial charge in [-0.25, -0.2) is 4.39 Å². The molecule has 2 aromatic rings. The molecule has 16 heavy (non-hydrogen) atoms. The Morgan fingerprint density at radius 1 is 1.19 bits per heavy atom. The Bertz CT molecular complexity index is 534. The summed E-state index contributed by atoms with van der Waals surface area (Å²) in [6.07, 6.45) is 3.36. The van der Waals surface area contributed by atoms with Gasteiger partial charge in [-0.15, -0.1) is 0 Å². The molecule has 0 saturated heterocycles. The van der Waals surface area contributed by atoms with Crippen LogP contribution in [0.4, 0.5) is 4.39 Å². The molecule has 1 aromatic heterocycles. The summed E-state index contributed by atoms with van der Waals surface area (Å²) in [6, 6.07) is 9.87. The van der Waals surface area contributed by atoms with E-state index in [0.717, 1.165) is 9.79 Å². The number of benzene rings is 1. The minimum Gasteiger partial charge on any atom is -0.265 e. The van der Waals surface area contributed by atoms with Gasteiger partial charge in [-0.1, -0.05) is 11.8 Å². The van der Waals surface area contributed by atoms with Crippen LogP contribution in [0.1, 0.15) is 5.56 Å². The van der Waals surface area contributed by atoms with Crippen molar-refractivity contribution in [1.82, 2.24) is 4.98 Å². The van der Waals surface area contributed by atoms with Gasteiger partial charge < -0.3 is 0 Å².